The first-order chi connectivity index (χ1) is 8.04. The Bertz CT molecular complexity index is 440. The highest BCUT2D eigenvalue weighted by Crippen LogP contribution is 2.24. The quantitative estimate of drug-likeness (QED) is 0.492. The maximum Gasteiger partial charge on any atom is 0.295 e. The Morgan fingerprint density at radius 2 is 2.29 bits per heavy atom. The van der Waals surface area contributed by atoms with Gasteiger partial charge in [-0.05, 0) is 30.8 Å². The van der Waals surface area contributed by atoms with Crippen LogP contribution in [-0.4, -0.2) is 16.6 Å². The maximum absolute atomic E-state index is 12.9. The summed E-state index contributed by atoms with van der Waals surface area (Å²) >= 11 is 4.94. The van der Waals surface area contributed by atoms with Crippen LogP contribution < -0.4 is 10.6 Å². The Labute approximate surface area is 103 Å². The van der Waals surface area contributed by atoms with Crippen LogP contribution >= 0.6 is 12.2 Å². The lowest BCUT2D eigenvalue weighted by Gasteiger charge is -2.09. The normalized spacial score (nSPS) is 9.76. The molecule has 0 aliphatic carbocycles. The molecule has 92 valence electrons. The molecule has 0 saturated carbocycles. The summed E-state index contributed by atoms with van der Waals surface area (Å²) in [5.74, 6) is -0.658. The van der Waals surface area contributed by atoms with E-state index in [1.807, 2.05) is 6.92 Å². The molecule has 0 aliphatic rings. The molecule has 0 saturated heterocycles. The van der Waals surface area contributed by atoms with Crippen molar-refractivity contribution in [2.75, 3.05) is 11.9 Å². The number of thiocarbonyl (C=S) groups is 1. The lowest BCUT2D eigenvalue weighted by atomic mass is 10.2. The van der Waals surface area contributed by atoms with E-state index in [2.05, 4.69) is 10.6 Å². The SMILES string of the molecule is CCCNC(=S)Nc1ccc(F)cc1[N+](=O)[O-]. The maximum atomic E-state index is 12.9. The summed E-state index contributed by atoms with van der Waals surface area (Å²) in [4.78, 5) is 10.0. The summed E-state index contributed by atoms with van der Waals surface area (Å²) in [5, 5.41) is 16.5. The van der Waals surface area contributed by atoms with Crippen molar-refractivity contribution < 1.29 is 9.31 Å². The number of nitro groups is 1. The highest BCUT2D eigenvalue weighted by molar-refractivity contribution is 7.80. The number of hydrogen-bond donors (Lipinski definition) is 2. The molecule has 0 heterocycles. The number of anilines is 1. The van der Waals surface area contributed by atoms with Crippen molar-refractivity contribution in [3.63, 3.8) is 0 Å². The third-order valence-corrected chi connectivity index (χ3v) is 2.19. The summed E-state index contributed by atoms with van der Waals surface area (Å²) in [6.45, 7) is 2.64. The van der Waals surface area contributed by atoms with Crippen LogP contribution in [0.1, 0.15) is 13.3 Å². The summed E-state index contributed by atoms with van der Waals surface area (Å²) in [6, 6.07) is 3.27. The number of nitro benzene ring substituents is 1. The van der Waals surface area contributed by atoms with Gasteiger partial charge < -0.3 is 10.6 Å². The lowest BCUT2D eigenvalue weighted by molar-refractivity contribution is -0.384. The zero-order valence-corrected chi connectivity index (χ0v) is 10.0. The Hall–Kier alpha value is -1.76. The van der Waals surface area contributed by atoms with Crippen molar-refractivity contribution >= 4 is 28.7 Å². The average Bonchev–Trinajstić information content (AvgIpc) is 2.28. The molecule has 0 bridgehead atoms. The van der Waals surface area contributed by atoms with Gasteiger partial charge in [-0.15, -0.1) is 0 Å². The molecule has 0 spiro atoms. The molecule has 0 unspecified atom stereocenters. The minimum atomic E-state index is -0.659. The van der Waals surface area contributed by atoms with Gasteiger partial charge in [0.25, 0.3) is 5.69 Å². The zero-order chi connectivity index (χ0) is 12.8. The fraction of sp³-hybridized carbons (Fsp3) is 0.300. The van der Waals surface area contributed by atoms with E-state index in [4.69, 9.17) is 12.2 Å². The molecule has 2 N–H and O–H groups in total. The molecule has 1 aromatic rings. The van der Waals surface area contributed by atoms with Gasteiger partial charge in [0.05, 0.1) is 11.0 Å². The van der Waals surface area contributed by atoms with Crippen molar-refractivity contribution in [2.24, 2.45) is 0 Å². The van der Waals surface area contributed by atoms with Crippen molar-refractivity contribution in [1.82, 2.24) is 5.32 Å². The Morgan fingerprint density at radius 3 is 2.88 bits per heavy atom. The van der Waals surface area contributed by atoms with E-state index in [1.54, 1.807) is 0 Å². The second-order valence-corrected chi connectivity index (χ2v) is 3.71. The molecular weight excluding hydrogens is 245 g/mol. The van der Waals surface area contributed by atoms with Crippen LogP contribution in [0.15, 0.2) is 18.2 Å². The van der Waals surface area contributed by atoms with Gasteiger partial charge in [-0.25, -0.2) is 4.39 Å². The first-order valence-electron chi connectivity index (χ1n) is 5.03. The van der Waals surface area contributed by atoms with E-state index in [9.17, 15) is 14.5 Å². The number of nitrogens with zero attached hydrogens (tertiary/aromatic N) is 1. The molecule has 0 aromatic heterocycles. The van der Waals surface area contributed by atoms with Crippen LogP contribution in [0, 0.1) is 15.9 Å². The lowest BCUT2D eigenvalue weighted by Crippen LogP contribution is -2.29. The number of halogens is 1. The monoisotopic (exact) mass is 257 g/mol. The molecule has 0 aliphatic heterocycles. The Kier molecular flexibility index (Phi) is 4.77. The Morgan fingerprint density at radius 1 is 1.59 bits per heavy atom. The van der Waals surface area contributed by atoms with Crippen LogP contribution in [0.5, 0.6) is 0 Å². The van der Waals surface area contributed by atoms with E-state index < -0.39 is 10.7 Å². The van der Waals surface area contributed by atoms with E-state index in [-0.39, 0.29) is 16.5 Å². The molecule has 5 nitrogen and oxygen atoms in total. The van der Waals surface area contributed by atoms with Crippen LogP contribution in [0.2, 0.25) is 0 Å². The number of nitrogens with one attached hydrogen (secondary N) is 2. The minimum Gasteiger partial charge on any atom is -0.362 e. The van der Waals surface area contributed by atoms with Crippen LogP contribution in [-0.2, 0) is 0 Å². The third-order valence-electron chi connectivity index (χ3n) is 1.94. The highest BCUT2D eigenvalue weighted by atomic mass is 32.1. The average molecular weight is 257 g/mol. The molecule has 0 fully saturated rings. The molecule has 1 aromatic carbocycles. The van der Waals surface area contributed by atoms with Gasteiger partial charge in [-0.1, -0.05) is 6.92 Å². The topological polar surface area (TPSA) is 67.2 Å². The summed E-state index contributed by atoms with van der Waals surface area (Å²) in [7, 11) is 0. The molecule has 0 radical (unpaired) electrons. The molecule has 7 heteroatoms. The molecule has 0 atom stereocenters. The van der Waals surface area contributed by atoms with E-state index in [0.717, 1.165) is 18.6 Å². The van der Waals surface area contributed by atoms with Gasteiger partial charge in [-0.3, -0.25) is 10.1 Å². The fourth-order valence-electron chi connectivity index (χ4n) is 1.17. The van der Waals surface area contributed by atoms with Gasteiger partial charge in [-0.2, -0.15) is 0 Å². The van der Waals surface area contributed by atoms with Gasteiger partial charge in [0.2, 0.25) is 0 Å². The van der Waals surface area contributed by atoms with E-state index in [1.165, 1.54) is 6.07 Å². The minimum absolute atomic E-state index is 0.171. The smallest absolute Gasteiger partial charge is 0.295 e. The molecular formula is C10H12FN3O2S. The molecule has 17 heavy (non-hydrogen) atoms. The van der Waals surface area contributed by atoms with Crippen LogP contribution in [0.3, 0.4) is 0 Å². The number of hydrogen-bond acceptors (Lipinski definition) is 3. The van der Waals surface area contributed by atoms with Gasteiger partial charge in [0, 0.05) is 6.54 Å². The summed E-state index contributed by atoms with van der Waals surface area (Å²) < 4.78 is 12.9. The highest BCUT2D eigenvalue weighted by Gasteiger charge is 2.15. The van der Waals surface area contributed by atoms with Crippen LogP contribution in [0.25, 0.3) is 0 Å². The van der Waals surface area contributed by atoms with Crippen molar-refractivity contribution in [3.8, 4) is 0 Å². The summed E-state index contributed by atoms with van der Waals surface area (Å²) in [6.07, 6.45) is 0.882. The predicted octanol–water partition coefficient (Wildman–Crippen LogP) is 2.43. The van der Waals surface area contributed by atoms with Gasteiger partial charge in [0.1, 0.15) is 11.5 Å². The zero-order valence-electron chi connectivity index (χ0n) is 9.20. The first kappa shape index (κ1) is 13.3. The second-order valence-electron chi connectivity index (χ2n) is 3.30. The largest absolute Gasteiger partial charge is 0.362 e. The Balaban J connectivity index is 2.83. The van der Waals surface area contributed by atoms with Crippen molar-refractivity contribution in [1.29, 1.82) is 0 Å². The predicted molar refractivity (Wildman–Crippen MR) is 67.6 cm³/mol. The number of rotatable bonds is 4. The second kappa shape index (κ2) is 6.09. The fourth-order valence-corrected chi connectivity index (χ4v) is 1.38. The van der Waals surface area contributed by atoms with Crippen LogP contribution in [0.4, 0.5) is 15.8 Å². The van der Waals surface area contributed by atoms with E-state index >= 15 is 0 Å². The number of benzene rings is 1. The third kappa shape index (κ3) is 3.95. The van der Waals surface area contributed by atoms with E-state index in [0.29, 0.717) is 6.54 Å². The standard InChI is InChI=1S/C10H12FN3O2S/c1-2-5-12-10(17)13-8-4-3-7(11)6-9(8)14(15)16/h3-4,6H,2,5H2,1H3,(H2,12,13,17). The first-order valence-corrected chi connectivity index (χ1v) is 5.44. The molecule has 1 rings (SSSR count). The van der Waals surface area contributed by atoms with Crippen molar-refractivity contribution in [2.45, 2.75) is 13.3 Å². The summed E-state index contributed by atoms with van der Waals surface area (Å²) in [5.41, 5.74) is -0.171. The van der Waals surface area contributed by atoms with Gasteiger partial charge >= 0.3 is 0 Å². The van der Waals surface area contributed by atoms with Gasteiger partial charge in [0.15, 0.2) is 5.11 Å². The molecule has 0 amide bonds. The van der Waals surface area contributed by atoms with Crippen molar-refractivity contribution in [3.05, 3.63) is 34.1 Å².